The zero-order valence-corrected chi connectivity index (χ0v) is 15.8. The monoisotopic (exact) mass is 379 g/mol. The van der Waals surface area contributed by atoms with Crippen LogP contribution in [0.1, 0.15) is 25.0 Å². The second-order valence-electron chi connectivity index (χ2n) is 6.98. The standard InChI is InChI=1S/C19H22FNO4S/c1-13-10-15(20)5-7-18(13)26(22,23)21-12-19(2,3)14-4-6-16-17(11-14)25-9-8-24-16/h4-7,10-11,21H,8-9,12H2,1-3H3. The number of nitrogens with one attached hydrogen (secondary N) is 1. The van der Waals surface area contributed by atoms with Crippen LogP contribution in [0.25, 0.3) is 0 Å². The zero-order valence-electron chi connectivity index (χ0n) is 15.0. The van der Waals surface area contributed by atoms with Crippen molar-refractivity contribution >= 4 is 10.0 Å². The van der Waals surface area contributed by atoms with E-state index in [1.54, 1.807) is 6.92 Å². The van der Waals surface area contributed by atoms with Crippen LogP contribution >= 0.6 is 0 Å². The van der Waals surface area contributed by atoms with Crippen LogP contribution in [0.4, 0.5) is 4.39 Å². The molecule has 2 aromatic carbocycles. The lowest BCUT2D eigenvalue weighted by Crippen LogP contribution is -2.37. The minimum absolute atomic E-state index is 0.0804. The number of aryl methyl sites for hydroxylation is 1. The Bertz CT molecular complexity index is 925. The van der Waals surface area contributed by atoms with E-state index in [1.807, 2.05) is 32.0 Å². The van der Waals surface area contributed by atoms with Crippen LogP contribution in [0.2, 0.25) is 0 Å². The molecule has 2 aromatic rings. The van der Waals surface area contributed by atoms with Crippen molar-refractivity contribution in [3.05, 3.63) is 53.3 Å². The highest BCUT2D eigenvalue weighted by molar-refractivity contribution is 7.89. The van der Waals surface area contributed by atoms with E-state index in [1.165, 1.54) is 12.1 Å². The number of fused-ring (bicyclic) bond motifs is 1. The van der Waals surface area contributed by atoms with Crippen molar-refractivity contribution in [2.75, 3.05) is 19.8 Å². The van der Waals surface area contributed by atoms with Crippen LogP contribution in [-0.2, 0) is 15.4 Å². The Morgan fingerprint density at radius 1 is 1.08 bits per heavy atom. The topological polar surface area (TPSA) is 64.6 Å². The molecule has 0 saturated carbocycles. The van der Waals surface area contributed by atoms with Crippen LogP contribution < -0.4 is 14.2 Å². The number of ether oxygens (including phenoxy) is 2. The van der Waals surface area contributed by atoms with E-state index in [9.17, 15) is 12.8 Å². The summed E-state index contributed by atoms with van der Waals surface area (Å²) in [5.41, 5.74) is 0.825. The molecule has 0 radical (unpaired) electrons. The predicted octanol–water partition coefficient (Wildman–Crippen LogP) is 3.16. The first-order chi connectivity index (χ1) is 12.2. The van der Waals surface area contributed by atoms with Gasteiger partial charge in [0.1, 0.15) is 19.0 Å². The highest BCUT2D eigenvalue weighted by Crippen LogP contribution is 2.35. The Balaban J connectivity index is 1.79. The Hall–Kier alpha value is -2.12. The lowest BCUT2D eigenvalue weighted by molar-refractivity contribution is 0.171. The summed E-state index contributed by atoms with van der Waals surface area (Å²) in [7, 11) is -3.74. The molecular formula is C19H22FNO4S. The first-order valence-corrected chi connectivity index (χ1v) is 9.83. The molecule has 1 aliphatic heterocycles. The maximum Gasteiger partial charge on any atom is 0.240 e. The Morgan fingerprint density at radius 2 is 1.77 bits per heavy atom. The van der Waals surface area contributed by atoms with Crippen LogP contribution in [0, 0.1) is 12.7 Å². The van der Waals surface area contributed by atoms with Gasteiger partial charge in [-0.25, -0.2) is 17.5 Å². The van der Waals surface area contributed by atoms with Gasteiger partial charge in [0.2, 0.25) is 10.0 Å². The summed E-state index contributed by atoms with van der Waals surface area (Å²) in [6.45, 7) is 6.66. The molecule has 5 nitrogen and oxygen atoms in total. The summed E-state index contributed by atoms with van der Waals surface area (Å²) in [5.74, 6) is 0.899. The Morgan fingerprint density at radius 3 is 2.46 bits per heavy atom. The molecule has 3 rings (SSSR count). The molecular weight excluding hydrogens is 357 g/mol. The van der Waals surface area contributed by atoms with Gasteiger partial charge >= 0.3 is 0 Å². The van der Waals surface area contributed by atoms with Gasteiger partial charge in [-0.3, -0.25) is 0 Å². The lowest BCUT2D eigenvalue weighted by Gasteiger charge is -2.28. The molecule has 0 fully saturated rings. The molecule has 0 bridgehead atoms. The fraction of sp³-hybridized carbons (Fsp3) is 0.368. The molecule has 0 spiro atoms. The van der Waals surface area contributed by atoms with Crippen LogP contribution in [0.15, 0.2) is 41.3 Å². The van der Waals surface area contributed by atoms with Crippen molar-refractivity contribution in [1.29, 1.82) is 0 Å². The third-order valence-electron chi connectivity index (χ3n) is 4.45. The van der Waals surface area contributed by atoms with Crippen LogP contribution in [0.5, 0.6) is 11.5 Å². The molecule has 0 aromatic heterocycles. The minimum Gasteiger partial charge on any atom is -0.486 e. The van der Waals surface area contributed by atoms with Crippen molar-refractivity contribution in [2.24, 2.45) is 0 Å². The molecule has 1 heterocycles. The normalized spacial score (nSPS) is 14.3. The third-order valence-corrected chi connectivity index (χ3v) is 6.02. The zero-order chi connectivity index (χ0) is 18.9. The fourth-order valence-corrected chi connectivity index (χ4v) is 4.27. The molecule has 140 valence electrons. The SMILES string of the molecule is Cc1cc(F)ccc1S(=O)(=O)NCC(C)(C)c1ccc2c(c1)OCCO2. The summed E-state index contributed by atoms with van der Waals surface area (Å²) < 4.78 is 52.2. The van der Waals surface area contributed by atoms with Crippen molar-refractivity contribution in [2.45, 2.75) is 31.1 Å². The maximum atomic E-state index is 13.2. The van der Waals surface area contributed by atoms with Gasteiger partial charge in [0.25, 0.3) is 0 Å². The molecule has 7 heteroatoms. The minimum atomic E-state index is -3.74. The van der Waals surface area contributed by atoms with Crippen molar-refractivity contribution in [1.82, 2.24) is 4.72 Å². The quantitative estimate of drug-likeness (QED) is 0.867. The molecule has 1 aliphatic rings. The number of hydrogen-bond acceptors (Lipinski definition) is 4. The van der Waals surface area contributed by atoms with Gasteiger partial charge in [-0.05, 0) is 48.4 Å². The van der Waals surface area contributed by atoms with Gasteiger partial charge in [-0.1, -0.05) is 19.9 Å². The molecule has 0 atom stereocenters. The summed E-state index contributed by atoms with van der Waals surface area (Å²) >= 11 is 0. The summed E-state index contributed by atoms with van der Waals surface area (Å²) in [6, 6.07) is 9.26. The summed E-state index contributed by atoms with van der Waals surface area (Å²) in [4.78, 5) is 0.0804. The molecule has 26 heavy (non-hydrogen) atoms. The van der Waals surface area contributed by atoms with E-state index in [-0.39, 0.29) is 11.4 Å². The van der Waals surface area contributed by atoms with E-state index >= 15 is 0 Å². The van der Waals surface area contributed by atoms with Gasteiger partial charge in [0, 0.05) is 12.0 Å². The predicted molar refractivity (Wildman–Crippen MR) is 96.8 cm³/mol. The smallest absolute Gasteiger partial charge is 0.240 e. The Labute approximate surface area is 153 Å². The molecule has 1 N–H and O–H groups in total. The van der Waals surface area contributed by atoms with Crippen LogP contribution in [0.3, 0.4) is 0 Å². The number of hydrogen-bond donors (Lipinski definition) is 1. The number of benzene rings is 2. The second kappa shape index (κ2) is 6.89. The molecule has 0 unspecified atom stereocenters. The third kappa shape index (κ3) is 3.83. The highest BCUT2D eigenvalue weighted by atomic mass is 32.2. The number of halogens is 1. The molecule has 0 aliphatic carbocycles. The van der Waals surface area contributed by atoms with Crippen LogP contribution in [-0.4, -0.2) is 28.2 Å². The summed E-state index contributed by atoms with van der Waals surface area (Å²) in [5, 5.41) is 0. The first kappa shape index (κ1) is 18.7. The van der Waals surface area contributed by atoms with Gasteiger partial charge < -0.3 is 9.47 Å². The van der Waals surface area contributed by atoms with Crippen molar-refractivity contribution < 1.29 is 22.3 Å². The van der Waals surface area contributed by atoms with Crippen molar-refractivity contribution in [3.63, 3.8) is 0 Å². The maximum absolute atomic E-state index is 13.2. The fourth-order valence-electron chi connectivity index (χ4n) is 2.83. The van der Waals surface area contributed by atoms with Gasteiger partial charge in [0.15, 0.2) is 11.5 Å². The highest BCUT2D eigenvalue weighted by Gasteiger charge is 2.27. The van der Waals surface area contributed by atoms with Gasteiger partial charge in [0.05, 0.1) is 4.90 Å². The number of sulfonamides is 1. The van der Waals surface area contributed by atoms with E-state index < -0.39 is 21.3 Å². The first-order valence-electron chi connectivity index (χ1n) is 8.35. The van der Waals surface area contributed by atoms with Gasteiger partial charge in [-0.15, -0.1) is 0 Å². The number of rotatable bonds is 5. The van der Waals surface area contributed by atoms with E-state index in [0.717, 1.165) is 11.6 Å². The van der Waals surface area contributed by atoms with E-state index in [2.05, 4.69) is 4.72 Å². The van der Waals surface area contributed by atoms with E-state index in [0.29, 0.717) is 30.3 Å². The average Bonchev–Trinajstić information content (AvgIpc) is 2.59. The largest absolute Gasteiger partial charge is 0.486 e. The van der Waals surface area contributed by atoms with Gasteiger partial charge in [-0.2, -0.15) is 0 Å². The van der Waals surface area contributed by atoms with E-state index in [4.69, 9.17) is 9.47 Å². The molecule has 0 saturated heterocycles. The second-order valence-corrected chi connectivity index (χ2v) is 8.71. The lowest BCUT2D eigenvalue weighted by atomic mass is 9.84. The summed E-state index contributed by atoms with van der Waals surface area (Å²) in [6.07, 6.45) is 0. The Kier molecular flexibility index (Phi) is 4.94. The van der Waals surface area contributed by atoms with Crippen molar-refractivity contribution in [3.8, 4) is 11.5 Å². The average molecular weight is 379 g/mol. The molecule has 0 amide bonds.